The average molecular weight is 349 g/mol. The summed E-state index contributed by atoms with van der Waals surface area (Å²) in [5.41, 5.74) is 4.49. The van der Waals surface area contributed by atoms with Crippen LogP contribution < -0.4 is 5.32 Å². The Balaban J connectivity index is 1.41. The molecule has 0 saturated heterocycles. The average Bonchev–Trinajstić information content (AvgIpc) is 3.31. The van der Waals surface area contributed by atoms with Crippen LogP contribution in [0.5, 0.6) is 0 Å². The molecule has 0 aliphatic rings. The fraction of sp³-hybridized carbons (Fsp3) is 0.105. The van der Waals surface area contributed by atoms with Gasteiger partial charge in [0.2, 0.25) is 5.91 Å². The van der Waals surface area contributed by atoms with E-state index in [0.717, 1.165) is 22.1 Å². The van der Waals surface area contributed by atoms with Gasteiger partial charge in [-0.05, 0) is 46.2 Å². The van der Waals surface area contributed by atoms with E-state index in [2.05, 4.69) is 26.9 Å². The van der Waals surface area contributed by atoms with Crippen LogP contribution in [0.2, 0.25) is 0 Å². The number of aromatic nitrogens is 2. The molecular formula is C19H15N3O2S. The minimum Gasteiger partial charge on any atom is -0.356 e. The first kappa shape index (κ1) is 15.5. The van der Waals surface area contributed by atoms with Crippen molar-refractivity contribution in [3.63, 3.8) is 0 Å². The number of carbonyl (C=O) groups is 1. The second-order valence-electron chi connectivity index (χ2n) is 5.67. The molecule has 25 heavy (non-hydrogen) atoms. The molecular weight excluding hydrogens is 334 g/mol. The van der Waals surface area contributed by atoms with Crippen molar-refractivity contribution < 1.29 is 9.32 Å². The summed E-state index contributed by atoms with van der Waals surface area (Å²) < 4.78 is 5.23. The van der Waals surface area contributed by atoms with Gasteiger partial charge in [0.05, 0.1) is 6.42 Å². The van der Waals surface area contributed by atoms with Gasteiger partial charge in [-0.3, -0.25) is 9.78 Å². The number of nitrogens with one attached hydrogen (secondary N) is 1. The lowest BCUT2D eigenvalue weighted by atomic mass is 10.1. The van der Waals surface area contributed by atoms with E-state index >= 15 is 0 Å². The van der Waals surface area contributed by atoms with E-state index < -0.39 is 0 Å². The minimum atomic E-state index is -0.0972. The van der Waals surface area contributed by atoms with Gasteiger partial charge in [-0.2, -0.15) is 11.3 Å². The molecule has 3 heterocycles. The first-order valence-electron chi connectivity index (χ1n) is 7.86. The van der Waals surface area contributed by atoms with Crippen LogP contribution in [-0.2, 0) is 17.8 Å². The summed E-state index contributed by atoms with van der Waals surface area (Å²) in [6, 6.07) is 11.6. The Morgan fingerprint density at radius 2 is 2.08 bits per heavy atom. The second kappa shape index (κ2) is 6.86. The summed E-state index contributed by atoms with van der Waals surface area (Å²) in [5.74, 6) is -0.0972. The molecule has 0 bridgehead atoms. The number of hydrogen-bond acceptors (Lipinski definition) is 5. The first-order chi connectivity index (χ1) is 12.3. The van der Waals surface area contributed by atoms with Crippen molar-refractivity contribution in [1.82, 2.24) is 15.5 Å². The van der Waals surface area contributed by atoms with E-state index in [9.17, 15) is 4.79 Å². The number of pyridine rings is 1. The molecule has 6 heteroatoms. The lowest BCUT2D eigenvalue weighted by Gasteiger charge is -2.06. The van der Waals surface area contributed by atoms with Crippen LogP contribution in [0.25, 0.3) is 22.1 Å². The number of hydrogen-bond donors (Lipinski definition) is 1. The van der Waals surface area contributed by atoms with Crippen molar-refractivity contribution in [2.75, 3.05) is 0 Å². The van der Waals surface area contributed by atoms with E-state index in [0.29, 0.717) is 17.8 Å². The van der Waals surface area contributed by atoms with Gasteiger partial charge in [0.25, 0.3) is 0 Å². The SMILES string of the molecule is O=C(Cc1noc2ccccc12)NCc1cncc(-c2ccsc2)c1. The molecule has 0 radical (unpaired) electrons. The zero-order chi connectivity index (χ0) is 17.1. The van der Waals surface area contributed by atoms with Crippen LogP contribution in [0.3, 0.4) is 0 Å². The fourth-order valence-corrected chi connectivity index (χ4v) is 3.32. The Kier molecular flexibility index (Phi) is 4.26. The molecule has 0 atom stereocenters. The number of para-hydroxylation sites is 1. The van der Waals surface area contributed by atoms with E-state index in [1.54, 1.807) is 17.5 Å². The molecule has 0 unspecified atom stereocenters. The van der Waals surface area contributed by atoms with Crippen molar-refractivity contribution in [1.29, 1.82) is 0 Å². The monoisotopic (exact) mass is 349 g/mol. The maximum atomic E-state index is 12.2. The third-order valence-corrected chi connectivity index (χ3v) is 4.60. The standard InChI is InChI=1S/C19H15N3O2S/c23-19(8-17-16-3-1-2-4-18(16)24-22-17)21-10-13-7-15(11-20-9-13)14-5-6-25-12-14/h1-7,9,11-12H,8,10H2,(H,21,23). The molecule has 0 aliphatic carbocycles. The Morgan fingerprint density at radius 1 is 1.16 bits per heavy atom. The topological polar surface area (TPSA) is 68.0 Å². The van der Waals surface area contributed by atoms with Gasteiger partial charge >= 0.3 is 0 Å². The van der Waals surface area contributed by atoms with Gasteiger partial charge < -0.3 is 9.84 Å². The maximum absolute atomic E-state index is 12.2. The van der Waals surface area contributed by atoms with Crippen molar-refractivity contribution in [3.8, 4) is 11.1 Å². The predicted octanol–water partition coefficient (Wildman–Crippen LogP) is 3.81. The summed E-state index contributed by atoms with van der Waals surface area (Å²) in [4.78, 5) is 16.5. The van der Waals surface area contributed by atoms with Crippen molar-refractivity contribution >= 4 is 28.2 Å². The molecule has 4 aromatic rings. The van der Waals surface area contributed by atoms with E-state index in [1.165, 1.54) is 0 Å². The molecule has 1 amide bonds. The second-order valence-corrected chi connectivity index (χ2v) is 6.45. The summed E-state index contributed by atoms with van der Waals surface area (Å²) in [7, 11) is 0. The van der Waals surface area contributed by atoms with E-state index in [4.69, 9.17) is 4.52 Å². The Morgan fingerprint density at radius 3 is 2.96 bits per heavy atom. The maximum Gasteiger partial charge on any atom is 0.226 e. The number of amides is 1. The molecule has 0 saturated carbocycles. The van der Waals surface area contributed by atoms with Gasteiger partial charge in [-0.25, -0.2) is 0 Å². The normalized spacial score (nSPS) is 10.9. The summed E-state index contributed by atoms with van der Waals surface area (Å²) >= 11 is 1.65. The lowest BCUT2D eigenvalue weighted by molar-refractivity contribution is -0.120. The first-order valence-corrected chi connectivity index (χ1v) is 8.80. The van der Waals surface area contributed by atoms with Gasteiger partial charge in [0.15, 0.2) is 5.58 Å². The van der Waals surface area contributed by atoms with E-state index in [-0.39, 0.29) is 12.3 Å². The fourth-order valence-electron chi connectivity index (χ4n) is 2.65. The Labute approximate surface area is 148 Å². The van der Waals surface area contributed by atoms with Gasteiger partial charge in [0, 0.05) is 29.9 Å². The molecule has 1 N–H and O–H groups in total. The van der Waals surface area contributed by atoms with Crippen molar-refractivity contribution in [2.24, 2.45) is 0 Å². The zero-order valence-corrected chi connectivity index (χ0v) is 14.1. The number of rotatable bonds is 5. The largest absolute Gasteiger partial charge is 0.356 e. The highest BCUT2D eigenvalue weighted by Gasteiger charge is 2.12. The summed E-state index contributed by atoms with van der Waals surface area (Å²) in [6.07, 6.45) is 3.78. The molecule has 5 nitrogen and oxygen atoms in total. The van der Waals surface area contributed by atoms with Crippen molar-refractivity contribution in [3.05, 3.63) is 70.8 Å². The third-order valence-electron chi connectivity index (χ3n) is 3.92. The highest BCUT2D eigenvalue weighted by molar-refractivity contribution is 7.08. The molecule has 0 aliphatic heterocycles. The smallest absolute Gasteiger partial charge is 0.226 e. The third kappa shape index (κ3) is 3.44. The van der Waals surface area contributed by atoms with Crippen LogP contribution in [-0.4, -0.2) is 16.0 Å². The predicted molar refractivity (Wildman–Crippen MR) is 97.1 cm³/mol. The Hall–Kier alpha value is -2.99. The van der Waals surface area contributed by atoms with Crippen LogP contribution in [0, 0.1) is 0 Å². The molecule has 1 aromatic carbocycles. The molecule has 0 fully saturated rings. The van der Waals surface area contributed by atoms with Gasteiger partial charge in [-0.1, -0.05) is 17.3 Å². The Bertz CT molecular complexity index is 1010. The van der Waals surface area contributed by atoms with Crippen molar-refractivity contribution in [2.45, 2.75) is 13.0 Å². The number of fused-ring (bicyclic) bond motifs is 1. The quantitative estimate of drug-likeness (QED) is 0.595. The lowest BCUT2D eigenvalue weighted by Crippen LogP contribution is -2.24. The number of benzene rings is 1. The highest BCUT2D eigenvalue weighted by atomic mass is 32.1. The molecule has 3 aromatic heterocycles. The summed E-state index contributed by atoms with van der Waals surface area (Å²) in [6.45, 7) is 0.430. The molecule has 0 spiro atoms. The molecule has 4 rings (SSSR count). The van der Waals surface area contributed by atoms with Gasteiger partial charge in [-0.15, -0.1) is 0 Å². The highest BCUT2D eigenvalue weighted by Crippen LogP contribution is 2.22. The zero-order valence-electron chi connectivity index (χ0n) is 13.3. The number of thiophene rings is 1. The summed E-state index contributed by atoms with van der Waals surface area (Å²) in [5, 5.41) is 11.9. The van der Waals surface area contributed by atoms with Crippen LogP contribution in [0.1, 0.15) is 11.3 Å². The van der Waals surface area contributed by atoms with Gasteiger partial charge in [0.1, 0.15) is 5.69 Å². The molecule has 124 valence electrons. The minimum absolute atomic E-state index is 0.0972. The van der Waals surface area contributed by atoms with Crippen LogP contribution in [0.4, 0.5) is 0 Å². The van der Waals surface area contributed by atoms with Crippen LogP contribution in [0.15, 0.2) is 64.1 Å². The van der Waals surface area contributed by atoms with E-state index in [1.807, 2.05) is 41.9 Å². The number of nitrogens with zero attached hydrogens (tertiary/aromatic N) is 2. The number of carbonyl (C=O) groups excluding carboxylic acids is 1. The van der Waals surface area contributed by atoms with Crippen LogP contribution >= 0.6 is 11.3 Å².